The summed E-state index contributed by atoms with van der Waals surface area (Å²) in [6.45, 7) is -0.108. The van der Waals surface area contributed by atoms with Crippen molar-refractivity contribution in [2.45, 2.75) is 32.2 Å². The SMILES string of the molecule is COc1ccc(NC(=O)Cn2c(-c3ccccc3)nc3sc4c(c3c2=O)CCCC4)cc1. The van der Waals surface area contributed by atoms with Gasteiger partial charge in [0.05, 0.1) is 12.5 Å². The Balaban J connectivity index is 1.57. The molecule has 0 saturated carbocycles. The summed E-state index contributed by atoms with van der Waals surface area (Å²) >= 11 is 1.62. The Morgan fingerprint density at radius 3 is 2.59 bits per heavy atom. The van der Waals surface area contributed by atoms with Crippen molar-refractivity contribution < 1.29 is 9.53 Å². The molecule has 0 saturated heterocycles. The first-order chi connectivity index (χ1) is 15.6. The zero-order valence-electron chi connectivity index (χ0n) is 17.8. The van der Waals surface area contributed by atoms with Crippen LogP contribution in [0.4, 0.5) is 5.69 Å². The Hall–Kier alpha value is -3.45. The second-order valence-corrected chi connectivity index (χ2v) is 8.94. The third kappa shape index (κ3) is 3.80. The Morgan fingerprint density at radius 2 is 1.84 bits per heavy atom. The van der Waals surface area contributed by atoms with Crippen LogP contribution in [0.1, 0.15) is 23.3 Å². The molecule has 0 atom stereocenters. The predicted molar refractivity (Wildman–Crippen MR) is 128 cm³/mol. The number of hydrogen-bond acceptors (Lipinski definition) is 5. The minimum atomic E-state index is -0.278. The normalized spacial score (nSPS) is 13.0. The van der Waals surface area contributed by atoms with Gasteiger partial charge in [-0.3, -0.25) is 14.2 Å². The second-order valence-electron chi connectivity index (χ2n) is 7.86. The van der Waals surface area contributed by atoms with Gasteiger partial charge in [-0.25, -0.2) is 4.98 Å². The standard InChI is InChI=1S/C25H23N3O3S/c1-31-18-13-11-17(12-14-18)26-21(29)15-28-23(16-7-3-2-4-8-16)27-24-22(25(28)30)19-9-5-6-10-20(19)32-24/h2-4,7-8,11-14H,5-6,9-10,15H2,1H3,(H,26,29). The molecule has 32 heavy (non-hydrogen) atoms. The van der Waals surface area contributed by atoms with Crippen molar-refractivity contribution in [1.82, 2.24) is 9.55 Å². The van der Waals surface area contributed by atoms with Crippen molar-refractivity contribution in [3.05, 3.63) is 75.4 Å². The summed E-state index contributed by atoms with van der Waals surface area (Å²) in [6, 6.07) is 16.7. The van der Waals surface area contributed by atoms with E-state index in [0.29, 0.717) is 22.6 Å². The number of carbonyl (C=O) groups is 1. The zero-order valence-corrected chi connectivity index (χ0v) is 18.6. The van der Waals surface area contributed by atoms with Crippen molar-refractivity contribution in [2.24, 2.45) is 0 Å². The number of anilines is 1. The Kier molecular flexibility index (Phi) is 5.49. The number of amides is 1. The first-order valence-electron chi connectivity index (χ1n) is 10.7. The summed E-state index contributed by atoms with van der Waals surface area (Å²) in [5.74, 6) is 0.953. The lowest BCUT2D eigenvalue weighted by atomic mass is 9.97. The summed E-state index contributed by atoms with van der Waals surface area (Å²) in [7, 11) is 1.59. The maximum Gasteiger partial charge on any atom is 0.263 e. The summed E-state index contributed by atoms with van der Waals surface area (Å²) in [6.07, 6.45) is 4.11. The van der Waals surface area contributed by atoms with Crippen molar-refractivity contribution in [3.63, 3.8) is 0 Å². The van der Waals surface area contributed by atoms with Crippen LogP contribution in [0.15, 0.2) is 59.4 Å². The van der Waals surface area contributed by atoms with Gasteiger partial charge in [0.1, 0.15) is 22.9 Å². The molecule has 5 rings (SSSR count). The van der Waals surface area contributed by atoms with Crippen LogP contribution >= 0.6 is 11.3 Å². The zero-order chi connectivity index (χ0) is 22.1. The van der Waals surface area contributed by atoms with E-state index in [-0.39, 0.29) is 18.0 Å². The number of aryl methyl sites for hydroxylation is 2. The molecule has 2 aromatic heterocycles. The van der Waals surface area contributed by atoms with Crippen LogP contribution in [-0.4, -0.2) is 22.6 Å². The fourth-order valence-corrected chi connectivity index (χ4v) is 5.46. The second kappa shape index (κ2) is 8.59. The maximum absolute atomic E-state index is 13.7. The summed E-state index contributed by atoms with van der Waals surface area (Å²) in [5.41, 5.74) is 2.44. The van der Waals surface area contributed by atoms with E-state index in [1.165, 1.54) is 9.44 Å². The van der Waals surface area contributed by atoms with Gasteiger partial charge in [-0.15, -0.1) is 11.3 Å². The fourth-order valence-electron chi connectivity index (χ4n) is 4.21. The van der Waals surface area contributed by atoms with Crippen LogP contribution in [0.5, 0.6) is 5.75 Å². The van der Waals surface area contributed by atoms with Gasteiger partial charge in [0.15, 0.2) is 0 Å². The van der Waals surface area contributed by atoms with E-state index in [1.807, 2.05) is 30.3 Å². The van der Waals surface area contributed by atoms with Crippen LogP contribution in [0.2, 0.25) is 0 Å². The highest BCUT2D eigenvalue weighted by atomic mass is 32.1. The number of benzene rings is 2. The smallest absolute Gasteiger partial charge is 0.263 e. The summed E-state index contributed by atoms with van der Waals surface area (Å²) in [5, 5.41) is 3.55. The average molecular weight is 446 g/mol. The molecule has 0 aliphatic heterocycles. The quantitative estimate of drug-likeness (QED) is 0.485. The number of fused-ring (bicyclic) bond motifs is 3. The molecule has 1 aliphatic carbocycles. The number of hydrogen-bond donors (Lipinski definition) is 1. The van der Waals surface area contributed by atoms with E-state index < -0.39 is 0 Å². The van der Waals surface area contributed by atoms with Crippen molar-refractivity contribution in [2.75, 3.05) is 12.4 Å². The maximum atomic E-state index is 13.7. The Morgan fingerprint density at radius 1 is 1.09 bits per heavy atom. The highest BCUT2D eigenvalue weighted by Gasteiger charge is 2.23. The monoisotopic (exact) mass is 445 g/mol. The number of thiophene rings is 1. The number of ether oxygens (including phenoxy) is 1. The highest BCUT2D eigenvalue weighted by molar-refractivity contribution is 7.18. The molecule has 1 N–H and O–H groups in total. The lowest BCUT2D eigenvalue weighted by Gasteiger charge is -2.14. The molecule has 0 spiro atoms. The molecule has 4 aromatic rings. The predicted octanol–water partition coefficient (Wildman–Crippen LogP) is 4.65. The van der Waals surface area contributed by atoms with E-state index in [9.17, 15) is 9.59 Å². The van der Waals surface area contributed by atoms with Crippen LogP contribution < -0.4 is 15.6 Å². The van der Waals surface area contributed by atoms with Gasteiger partial charge in [-0.2, -0.15) is 0 Å². The van der Waals surface area contributed by atoms with Gasteiger partial charge < -0.3 is 10.1 Å². The van der Waals surface area contributed by atoms with Crippen LogP contribution in [0.25, 0.3) is 21.6 Å². The van der Waals surface area contributed by atoms with Crippen molar-refractivity contribution in [3.8, 4) is 17.1 Å². The molecule has 1 aliphatic rings. The molecule has 0 bridgehead atoms. The topological polar surface area (TPSA) is 73.2 Å². The van der Waals surface area contributed by atoms with Crippen molar-refractivity contribution >= 4 is 33.1 Å². The number of carbonyl (C=O) groups excluding carboxylic acids is 1. The van der Waals surface area contributed by atoms with Gasteiger partial charge >= 0.3 is 0 Å². The number of nitrogens with one attached hydrogen (secondary N) is 1. The third-order valence-electron chi connectivity index (χ3n) is 5.78. The van der Waals surface area contributed by atoms with Crippen molar-refractivity contribution in [1.29, 1.82) is 0 Å². The molecular weight excluding hydrogens is 422 g/mol. The largest absolute Gasteiger partial charge is 0.497 e. The third-order valence-corrected chi connectivity index (χ3v) is 6.97. The summed E-state index contributed by atoms with van der Waals surface area (Å²) < 4.78 is 6.68. The van der Waals surface area contributed by atoms with E-state index in [1.54, 1.807) is 42.7 Å². The molecule has 162 valence electrons. The molecule has 0 unspecified atom stereocenters. The molecule has 0 fully saturated rings. The molecule has 7 heteroatoms. The molecule has 0 radical (unpaired) electrons. The van der Waals surface area contributed by atoms with Gasteiger partial charge in [-0.05, 0) is 55.5 Å². The number of rotatable bonds is 5. The van der Waals surface area contributed by atoms with Gasteiger partial charge in [0, 0.05) is 16.1 Å². The highest BCUT2D eigenvalue weighted by Crippen LogP contribution is 2.34. The van der Waals surface area contributed by atoms with Gasteiger partial charge in [0.25, 0.3) is 5.56 Å². The minimum absolute atomic E-state index is 0.108. The molecule has 6 nitrogen and oxygen atoms in total. The van der Waals surface area contributed by atoms with E-state index in [4.69, 9.17) is 9.72 Å². The Bertz CT molecular complexity index is 1340. The lowest BCUT2D eigenvalue weighted by Crippen LogP contribution is -2.30. The van der Waals surface area contributed by atoms with Crippen LogP contribution in [0, 0.1) is 0 Å². The fraction of sp³-hybridized carbons (Fsp3) is 0.240. The Labute approximate surface area is 189 Å². The van der Waals surface area contributed by atoms with E-state index >= 15 is 0 Å². The van der Waals surface area contributed by atoms with Gasteiger partial charge in [-0.1, -0.05) is 30.3 Å². The molecular formula is C25H23N3O3S. The van der Waals surface area contributed by atoms with E-state index in [0.717, 1.165) is 41.6 Å². The first kappa shape index (κ1) is 20.5. The minimum Gasteiger partial charge on any atom is -0.497 e. The molecule has 2 heterocycles. The average Bonchev–Trinajstić information content (AvgIpc) is 3.20. The van der Waals surface area contributed by atoms with E-state index in [2.05, 4.69) is 5.32 Å². The lowest BCUT2D eigenvalue weighted by molar-refractivity contribution is -0.116. The van der Waals surface area contributed by atoms with Crippen LogP contribution in [0.3, 0.4) is 0 Å². The van der Waals surface area contributed by atoms with Crippen LogP contribution in [-0.2, 0) is 24.2 Å². The summed E-state index contributed by atoms with van der Waals surface area (Å²) in [4.78, 5) is 33.5. The molecule has 2 aromatic carbocycles. The first-order valence-corrected chi connectivity index (χ1v) is 11.5. The number of nitrogens with zero attached hydrogens (tertiary/aromatic N) is 2. The molecule has 1 amide bonds. The number of aromatic nitrogens is 2. The van der Waals surface area contributed by atoms with Gasteiger partial charge in [0.2, 0.25) is 5.91 Å². The number of methoxy groups -OCH3 is 1.